The molecule has 0 aliphatic heterocycles. The zero-order chi connectivity index (χ0) is 8.53. The molecule has 0 aromatic heterocycles. The molecule has 0 unspecified atom stereocenters. The molecule has 0 atom stereocenters. The number of hydrogen-bond acceptors (Lipinski definition) is 3. The van der Waals surface area contributed by atoms with E-state index in [4.69, 9.17) is 5.84 Å². The first-order valence-corrected chi connectivity index (χ1v) is 4.51. The molecule has 3 heteroatoms. The third-order valence-electron chi connectivity index (χ3n) is 1.94. The molecule has 0 aromatic rings. The maximum Gasteiger partial charge on any atom is 0.00978 e. The highest BCUT2D eigenvalue weighted by molar-refractivity contribution is 4.52. The van der Waals surface area contributed by atoms with Crippen molar-refractivity contribution in [3.05, 3.63) is 0 Å². The number of nitrogens with two attached hydrogens (primary N) is 1. The van der Waals surface area contributed by atoms with Crippen molar-refractivity contribution in [2.24, 2.45) is 5.84 Å². The van der Waals surface area contributed by atoms with E-state index in [0.717, 1.165) is 19.6 Å². The average molecular weight is 159 g/mol. The van der Waals surface area contributed by atoms with Crippen LogP contribution in [0.4, 0.5) is 0 Å². The quantitative estimate of drug-likeness (QED) is 0.324. The fraction of sp³-hybridized carbons (Fsp3) is 1.00. The normalized spacial score (nSPS) is 10.9. The maximum absolute atomic E-state index is 5.15. The van der Waals surface area contributed by atoms with Gasteiger partial charge in [-0.3, -0.25) is 11.3 Å². The molecule has 0 rings (SSSR count). The molecule has 3 N–H and O–H groups in total. The zero-order valence-electron chi connectivity index (χ0n) is 7.77. The lowest BCUT2D eigenvalue weighted by Crippen LogP contribution is -2.26. The van der Waals surface area contributed by atoms with Crippen molar-refractivity contribution >= 4 is 0 Å². The summed E-state index contributed by atoms with van der Waals surface area (Å²) in [6.07, 6.45) is 2.42. The van der Waals surface area contributed by atoms with E-state index in [1.54, 1.807) is 0 Å². The molecule has 0 aliphatic carbocycles. The molecule has 0 radical (unpaired) electrons. The van der Waals surface area contributed by atoms with E-state index in [1.807, 2.05) is 0 Å². The lowest BCUT2D eigenvalue weighted by Gasteiger charge is -2.17. The average Bonchev–Trinajstić information content (AvgIpc) is 2.05. The molecule has 0 bridgehead atoms. The Morgan fingerprint density at radius 2 is 1.82 bits per heavy atom. The summed E-state index contributed by atoms with van der Waals surface area (Å²) >= 11 is 0. The Kier molecular flexibility index (Phi) is 7.89. The van der Waals surface area contributed by atoms with Crippen LogP contribution in [0.2, 0.25) is 0 Å². The summed E-state index contributed by atoms with van der Waals surface area (Å²) in [7, 11) is 0. The fourth-order valence-electron chi connectivity index (χ4n) is 1.10. The molecule has 0 saturated carbocycles. The Bertz CT molecular complexity index is 71.7. The molecule has 68 valence electrons. The molecular weight excluding hydrogens is 138 g/mol. The highest BCUT2D eigenvalue weighted by atomic mass is 15.2. The first-order valence-electron chi connectivity index (χ1n) is 4.51. The third kappa shape index (κ3) is 6.28. The summed E-state index contributed by atoms with van der Waals surface area (Å²) in [6.45, 7) is 8.85. The number of nitrogens with one attached hydrogen (secondary N) is 1. The van der Waals surface area contributed by atoms with Gasteiger partial charge in [-0.05, 0) is 32.5 Å². The number of nitrogens with zero attached hydrogens (tertiary/aromatic N) is 1. The first-order chi connectivity index (χ1) is 5.35. The van der Waals surface area contributed by atoms with Crippen molar-refractivity contribution in [3.8, 4) is 0 Å². The van der Waals surface area contributed by atoms with Gasteiger partial charge in [-0.15, -0.1) is 0 Å². The fourth-order valence-corrected chi connectivity index (χ4v) is 1.10. The Morgan fingerprint density at radius 3 is 2.27 bits per heavy atom. The van der Waals surface area contributed by atoms with Crippen molar-refractivity contribution in [1.29, 1.82) is 0 Å². The zero-order valence-corrected chi connectivity index (χ0v) is 7.77. The second-order valence-electron chi connectivity index (χ2n) is 2.69. The van der Waals surface area contributed by atoms with Crippen LogP contribution < -0.4 is 11.3 Å². The second kappa shape index (κ2) is 7.98. The van der Waals surface area contributed by atoms with E-state index in [2.05, 4.69) is 24.2 Å². The van der Waals surface area contributed by atoms with Crippen molar-refractivity contribution in [3.63, 3.8) is 0 Å². The minimum absolute atomic E-state index is 0.932. The van der Waals surface area contributed by atoms with E-state index in [-0.39, 0.29) is 0 Å². The smallest absolute Gasteiger partial charge is 0.00978 e. The predicted octanol–water partition coefficient (Wildman–Crippen LogP) is 0.572. The van der Waals surface area contributed by atoms with Gasteiger partial charge in [-0.2, -0.15) is 0 Å². The number of rotatable bonds is 7. The van der Waals surface area contributed by atoms with Gasteiger partial charge in [0.1, 0.15) is 0 Å². The van der Waals surface area contributed by atoms with Crippen LogP contribution in [-0.2, 0) is 0 Å². The molecule has 11 heavy (non-hydrogen) atoms. The molecule has 0 fully saturated rings. The molecule has 0 saturated heterocycles. The topological polar surface area (TPSA) is 41.3 Å². The summed E-state index contributed by atoms with van der Waals surface area (Å²) in [5.74, 6) is 5.15. The van der Waals surface area contributed by atoms with Gasteiger partial charge < -0.3 is 4.90 Å². The van der Waals surface area contributed by atoms with E-state index in [1.165, 1.54) is 19.4 Å². The van der Waals surface area contributed by atoms with Gasteiger partial charge in [-0.1, -0.05) is 13.8 Å². The van der Waals surface area contributed by atoms with Crippen LogP contribution >= 0.6 is 0 Å². The molecule has 0 spiro atoms. The maximum atomic E-state index is 5.15. The Hall–Kier alpha value is -0.120. The molecular formula is C8H21N3. The highest BCUT2D eigenvalue weighted by Gasteiger charge is 1.96. The molecule has 0 heterocycles. The number of hydrogen-bond donors (Lipinski definition) is 2. The van der Waals surface area contributed by atoms with Gasteiger partial charge in [0.2, 0.25) is 0 Å². The monoisotopic (exact) mass is 159 g/mol. The summed E-state index contributed by atoms with van der Waals surface area (Å²) in [5.41, 5.74) is 2.66. The van der Waals surface area contributed by atoms with Crippen LogP contribution in [0, 0.1) is 0 Å². The van der Waals surface area contributed by atoms with Crippen LogP contribution in [0.15, 0.2) is 0 Å². The minimum Gasteiger partial charge on any atom is -0.304 e. The lowest BCUT2D eigenvalue weighted by atomic mass is 10.3. The van der Waals surface area contributed by atoms with Crippen molar-refractivity contribution < 1.29 is 0 Å². The van der Waals surface area contributed by atoms with Crippen LogP contribution in [0.25, 0.3) is 0 Å². The van der Waals surface area contributed by atoms with Gasteiger partial charge in [0, 0.05) is 6.54 Å². The van der Waals surface area contributed by atoms with Crippen LogP contribution in [0.3, 0.4) is 0 Å². The highest BCUT2D eigenvalue weighted by Crippen LogP contribution is 1.92. The van der Waals surface area contributed by atoms with E-state index < -0.39 is 0 Å². The number of unbranched alkanes of at least 4 members (excludes halogenated alkanes) is 1. The SMILES string of the molecule is CCN(CC)CCCCNN. The first kappa shape index (κ1) is 10.9. The standard InChI is InChI=1S/C8H21N3/c1-3-11(4-2)8-6-5-7-10-9/h10H,3-9H2,1-2H3. The van der Waals surface area contributed by atoms with Crippen molar-refractivity contribution in [2.75, 3.05) is 26.2 Å². The van der Waals surface area contributed by atoms with Crippen LogP contribution in [0.1, 0.15) is 26.7 Å². The Labute approximate surface area is 69.9 Å². The van der Waals surface area contributed by atoms with Crippen LogP contribution in [0.5, 0.6) is 0 Å². The molecule has 0 aliphatic rings. The predicted molar refractivity (Wildman–Crippen MR) is 49.2 cm³/mol. The number of hydrazine groups is 1. The second-order valence-corrected chi connectivity index (χ2v) is 2.69. The van der Waals surface area contributed by atoms with E-state index >= 15 is 0 Å². The molecule has 0 aromatic carbocycles. The molecule has 3 nitrogen and oxygen atoms in total. The summed E-state index contributed by atoms with van der Waals surface area (Å²) in [5, 5.41) is 0. The summed E-state index contributed by atoms with van der Waals surface area (Å²) in [6, 6.07) is 0. The van der Waals surface area contributed by atoms with E-state index in [0.29, 0.717) is 0 Å². The Balaban J connectivity index is 3.07. The van der Waals surface area contributed by atoms with Gasteiger partial charge in [0.25, 0.3) is 0 Å². The largest absolute Gasteiger partial charge is 0.304 e. The van der Waals surface area contributed by atoms with Crippen LogP contribution in [-0.4, -0.2) is 31.1 Å². The summed E-state index contributed by atoms with van der Waals surface area (Å²) in [4.78, 5) is 2.43. The van der Waals surface area contributed by atoms with Gasteiger partial charge in [0.15, 0.2) is 0 Å². The minimum atomic E-state index is 0.932. The lowest BCUT2D eigenvalue weighted by molar-refractivity contribution is 0.296. The van der Waals surface area contributed by atoms with Crippen molar-refractivity contribution in [1.82, 2.24) is 10.3 Å². The van der Waals surface area contributed by atoms with Gasteiger partial charge >= 0.3 is 0 Å². The van der Waals surface area contributed by atoms with E-state index in [9.17, 15) is 0 Å². The van der Waals surface area contributed by atoms with Gasteiger partial charge in [-0.25, -0.2) is 0 Å². The van der Waals surface area contributed by atoms with Gasteiger partial charge in [0.05, 0.1) is 0 Å². The molecule has 0 amide bonds. The van der Waals surface area contributed by atoms with Crippen molar-refractivity contribution in [2.45, 2.75) is 26.7 Å². The third-order valence-corrected chi connectivity index (χ3v) is 1.94. The Morgan fingerprint density at radius 1 is 1.18 bits per heavy atom. The summed E-state index contributed by atoms with van der Waals surface area (Å²) < 4.78 is 0.